The van der Waals surface area contributed by atoms with Crippen LogP contribution in [-0.2, 0) is 20.9 Å². The number of carbonyl (C=O) groups excluding carboxylic acids is 2. The monoisotopic (exact) mass is 425 g/mol. The van der Waals surface area contributed by atoms with Crippen molar-refractivity contribution in [3.63, 3.8) is 0 Å². The van der Waals surface area contributed by atoms with Gasteiger partial charge >= 0.3 is 0 Å². The largest absolute Gasteiger partial charge is 0.376 e. The van der Waals surface area contributed by atoms with E-state index < -0.39 is 0 Å². The fourth-order valence-electron chi connectivity index (χ4n) is 3.85. The average molecular weight is 426 g/mol. The van der Waals surface area contributed by atoms with Gasteiger partial charge in [-0.05, 0) is 29.9 Å². The molecule has 1 fully saturated rings. The fraction of sp³-hybridized carbons (Fsp3) is 0.435. The van der Waals surface area contributed by atoms with Crippen molar-refractivity contribution in [2.75, 3.05) is 19.7 Å². The van der Waals surface area contributed by atoms with E-state index in [-0.39, 0.29) is 30.8 Å². The second-order valence-electron chi connectivity index (χ2n) is 7.67. The summed E-state index contributed by atoms with van der Waals surface area (Å²) in [5.74, 6) is -0.0961. The normalized spacial score (nSPS) is 18.5. The van der Waals surface area contributed by atoms with Crippen LogP contribution in [0.3, 0.4) is 0 Å². The summed E-state index contributed by atoms with van der Waals surface area (Å²) in [6.45, 7) is 2.50. The van der Waals surface area contributed by atoms with Gasteiger partial charge in [0, 0.05) is 37.3 Å². The third kappa shape index (κ3) is 5.34. The highest BCUT2D eigenvalue weighted by atomic mass is 32.1. The maximum Gasteiger partial charge on any atom is 0.243 e. The molecule has 1 saturated heterocycles. The Morgan fingerprint density at radius 3 is 2.77 bits per heavy atom. The minimum atomic E-state index is -0.0949. The van der Waals surface area contributed by atoms with E-state index in [4.69, 9.17) is 4.74 Å². The Kier molecular flexibility index (Phi) is 6.92. The van der Waals surface area contributed by atoms with E-state index in [2.05, 4.69) is 5.10 Å². The number of carbonyl (C=O) groups is 2. The molecule has 1 aromatic carbocycles. The Bertz CT molecular complexity index is 876. The van der Waals surface area contributed by atoms with E-state index in [0.29, 0.717) is 19.6 Å². The molecule has 0 aliphatic carbocycles. The molecule has 2 aromatic rings. The zero-order chi connectivity index (χ0) is 20.8. The quantitative estimate of drug-likeness (QED) is 0.648. The Hall–Kier alpha value is -2.51. The highest BCUT2D eigenvalue weighted by Crippen LogP contribution is 2.19. The van der Waals surface area contributed by atoms with Crippen LogP contribution in [-0.4, -0.2) is 53.2 Å². The number of nitrogens with zero attached hydrogens (tertiary/aromatic N) is 3. The van der Waals surface area contributed by atoms with E-state index >= 15 is 0 Å². The Balaban J connectivity index is 1.33. The molecule has 0 saturated carbocycles. The van der Waals surface area contributed by atoms with Crippen molar-refractivity contribution in [2.24, 2.45) is 5.10 Å². The van der Waals surface area contributed by atoms with Gasteiger partial charge in [-0.3, -0.25) is 9.59 Å². The maximum absolute atomic E-state index is 12.9. The first-order chi connectivity index (χ1) is 14.7. The van der Waals surface area contributed by atoms with Crippen LogP contribution in [0.2, 0.25) is 0 Å². The average Bonchev–Trinajstić information content (AvgIpc) is 3.55. The van der Waals surface area contributed by atoms with Crippen LogP contribution in [0.5, 0.6) is 0 Å². The summed E-state index contributed by atoms with van der Waals surface area (Å²) >= 11 is 1.64. The van der Waals surface area contributed by atoms with Gasteiger partial charge in [-0.15, -0.1) is 11.3 Å². The van der Waals surface area contributed by atoms with Gasteiger partial charge in [-0.2, -0.15) is 5.10 Å². The fourth-order valence-corrected chi connectivity index (χ4v) is 4.57. The van der Waals surface area contributed by atoms with E-state index in [1.165, 1.54) is 5.01 Å². The molecule has 1 atom stereocenters. The summed E-state index contributed by atoms with van der Waals surface area (Å²) in [7, 11) is 0. The summed E-state index contributed by atoms with van der Waals surface area (Å²) in [6.07, 6.45) is 3.24. The zero-order valence-corrected chi connectivity index (χ0v) is 17.9. The third-order valence-electron chi connectivity index (χ3n) is 5.48. The molecule has 2 aliphatic heterocycles. The SMILES string of the molecule is O=C(CCC(=O)N1CCC(c2ccccc2)=N1)N(Cc1cccs1)CC1CCCO1. The number of hydrazone groups is 1. The van der Waals surface area contributed by atoms with Gasteiger partial charge in [0.2, 0.25) is 11.8 Å². The second-order valence-corrected chi connectivity index (χ2v) is 8.70. The summed E-state index contributed by atoms with van der Waals surface area (Å²) in [5.41, 5.74) is 1.97. The highest BCUT2D eigenvalue weighted by molar-refractivity contribution is 7.09. The van der Waals surface area contributed by atoms with Gasteiger partial charge < -0.3 is 9.64 Å². The molecule has 1 unspecified atom stereocenters. The zero-order valence-electron chi connectivity index (χ0n) is 17.0. The molecule has 6 nitrogen and oxygen atoms in total. The van der Waals surface area contributed by atoms with Crippen molar-refractivity contribution >= 4 is 28.9 Å². The number of hydrogen-bond donors (Lipinski definition) is 0. The van der Waals surface area contributed by atoms with Crippen molar-refractivity contribution in [3.05, 3.63) is 58.3 Å². The molecular formula is C23H27N3O3S. The lowest BCUT2D eigenvalue weighted by Crippen LogP contribution is -2.37. The smallest absolute Gasteiger partial charge is 0.243 e. The minimum Gasteiger partial charge on any atom is -0.376 e. The van der Waals surface area contributed by atoms with Crippen LogP contribution in [0.15, 0.2) is 52.9 Å². The molecule has 0 radical (unpaired) electrons. The number of rotatable bonds is 8. The Morgan fingerprint density at radius 1 is 1.17 bits per heavy atom. The van der Waals surface area contributed by atoms with Crippen LogP contribution in [0.4, 0.5) is 0 Å². The van der Waals surface area contributed by atoms with Crippen LogP contribution in [0.25, 0.3) is 0 Å². The van der Waals surface area contributed by atoms with Crippen molar-refractivity contribution in [1.29, 1.82) is 0 Å². The van der Waals surface area contributed by atoms with Gasteiger partial charge in [-0.25, -0.2) is 5.01 Å². The van der Waals surface area contributed by atoms with E-state index in [9.17, 15) is 9.59 Å². The van der Waals surface area contributed by atoms with Crippen molar-refractivity contribution in [3.8, 4) is 0 Å². The molecule has 30 heavy (non-hydrogen) atoms. The molecule has 0 spiro atoms. The predicted octanol–water partition coefficient (Wildman–Crippen LogP) is 3.67. The van der Waals surface area contributed by atoms with Crippen LogP contribution in [0, 0.1) is 0 Å². The molecule has 3 heterocycles. The minimum absolute atomic E-state index is 0.00120. The van der Waals surface area contributed by atoms with Gasteiger partial charge in [0.15, 0.2) is 0 Å². The number of thiophene rings is 1. The number of benzene rings is 1. The lowest BCUT2D eigenvalue weighted by molar-refractivity contribution is -0.138. The van der Waals surface area contributed by atoms with Gasteiger partial charge in [0.1, 0.15) is 0 Å². The lowest BCUT2D eigenvalue weighted by atomic mass is 10.1. The van der Waals surface area contributed by atoms with Crippen LogP contribution >= 0.6 is 11.3 Å². The summed E-state index contributed by atoms with van der Waals surface area (Å²) in [5, 5.41) is 8.01. The topological polar surface area (TPSA) is 62.2 Å². The Labute approximate surface area is 181 Å². The number of amides is 2. The first kappa shape index (κ1) is 20.8. The first-order valence-corrected chi connectivity index (χ1v) is 11.4. The first-order valence-electron chi connectivity index (χ1n) is 10.5. The molecular weight excluding hydrogens is 398 g/mol. The standard InChI is InChI=1S/C23H27N3O3S/c27-22(25(16-19-8-4-14-29-19)17-20-9-5-15-30-20)10-11-23(28)26-13-12-21(24-26)18-6-2-1-3-7-18/h1-3,5-7,9,15,19H,4,8,10-14,16-17H2. The van der Waals surface area contributed by atoms with Crippen LogP contribution < -0.4 is 0 Å². The van der Waals surface area contributed by atoms with E-state index in [1.54, 1.807) is 11.3 Å². The van der Waals surface area contributed by atoms with Gasteiger partial charge in [0.05, 0.1) is 24.9 Å². The maximum atomic E-state index is 12.9. The summed E-state index contributed by atoms with van der Waals surface area (Å²) in [4.78, 5) is 28.6. The molecule has 2 amide bonds. The van der Waals surface area contributed by atoms with Crippen molar-refractivity contribution in [2.45, 2.75) is 44.8 Å². The number of hydrogen-bond acceptors (Lipinski definition) is 5. The lowest BCUT2D eigenvalue weighted by Gasteiger charge is -2.25. The molecule has 2 aliphatic rings. The highest BCUT2D eigenvalue weighted by Gasteiger charge is 2.25. The molecule has 158 valence electrons. The molecule has 1 aromatic heterocycles. The van der Waals surface area contributed by atoms with Gasteiger partial charge in [-0.1, -0.05) is 36.4 Å². The van der Waals surface area contributed by atoms with Gasteiger partial charge in [0.25, 0.3) is 0 Å². The summed E-state index contributed by atoms with van der Waals surface area (Å²) in [6, 6.07) is 13.9. The molecule has 7 heteroatoms. The molecule has 0 N–H and O–H groups in total. The van der Waals surface area contributed by atoms with Crippen LogP contribution in [0.1, 0.15) is 42.5 Å². The molecule has 0 bridgehead atoms. The Morgan fingerprint density at radius 2 is 2.03 bits per heavy atom. The van der Waals surface area contributed by atoms with Crippen molar-refractivity contribution in [1.82, 2.24) is 9.91 Å². The van der Waals surface area contributed by atoms with Crippen molar-refractivity contribution < 1.29 is 14.3 Å². The summed E-state index contributed by atoms with van der Waals surface area (Å²) < 4.78 is 5.73. The number of ether oxygens (including phenoxy) is 1. The second kappa shape index (κ2) is 10.00. The molecule has 4 rings (SSSR count). The van der Waals surface area contributed by atoms with E-state index in [1.807, 2.05) is 52.7 Å². The predicted molar refractivity (Wildman–Crippen MR) is 117 cm³/mol. The third-order valence-corrected chi connectivity index (χ3v) is 6.34. The van der Waals surface area contributed by atoms with E-state index in [0.717, 1.165) is 42.0 Å².